The minimum atomic E-state index is -0.405. The Balaban J connectivity index is 2.18. The summed E-state index contributed by atoms with van der Waals surface area (Å²) in [5.74, 6) is -0.0588. The lowest BCUT2D eigenvalue weighted by Crippen LogP contribution is -2.09. The molecule has 0 spiro atoms. The second-order valence-electron chi connectivity index (χ2n) is 7.13. The number of methoxy groups -OCH3 is 1. The van der Waals surface area contributed by atoms with E-state index in [4.69, 9.17) is 25.7 Å². The van der Waals surface area contributed by atoms with Gasteiger partial charge in [-0.3, -0.25) is 0 Å². The van der Waals surface area contributed by atoms with Gasteiger partial charge in [-0.2, -0.15) is 0 Å². The van der Waals surface area contributed by atoms with Crippen LogP contribution in [-0.2, 0) is 23.8 Å². The van der Waals surface area contributed by atoms with Crippen LogP contribution >= 0.6 is 0 Å². The summed E-state index contributed by atoms with van der Waals surface area (Å²) in [4.78, 5) is 23.9. The number of hydrogen-bond donors (Lipinski definition) is 2. The molecule has 0 amide bonds. The number of esters is 2. The number of allylic oxidation sites excluding steroid dienone is 8. The van der Waals surface area contributed by atoms with Crippen molar-refractivity contribution >= 4 is 11.9 Å². The third kappa shape index (κ3) is 11.6. The van der Waals surface area contributed by atoms with Crippen molar-refractivity contribution in [1.82, 2.24) is 0 Å². The Morgan fingerprint density at radius 2 is 1.72 bits per heavy atom. The van der Waals surface area contributed by atoms with Crippen LogP contribution in [0, 0.1) is 0 Å². The third-order valence-corrected chi connectivity index (χ3v) is 4.46. The van der Waals surface area contributed by atoms with E-state index in [2.05, 4.69) is 6.58 Å². The molecule has 0 aliphatic heterocycles. The molecule has 0 atom stereocenters. The van der Waals surface area contributed by atoms with Crippen molar-refractivity contribution in [3.8, 4) is 0 Å². The van der Waals surface area contributed by atoms with E-state index in [1.807, 2.05) is 6.92 Å². The van der Waals surface area contributed by atoms with Crippen molar-refractivity contribution in [3.05, 3.63) is 83.5 Å². The summed E-state index contributed by atoms with van der Waals surface area (Å²) in [6, 6.07) is 0. The SMILES string of the molecule is C=CC(/C=C/C(=O)OCCCCCCOC(=O)C1=CCC(N)=CC(N)=C1)=C\C=C(/C)OC. The Bertz CT molecular complexity index is 844. The molecule has 1 aliphatic carbocycles. The molecule has 0 aromatic carbocycles. The fourth-order valence-corrected chi connectivity index (χ4v) is 2.59. The lowest BCUT2D eigenvalue weighted by Gasteiger charge is -2.06. The first kappa shape index (κ1) is 26.6. The molecule has 1 aliphatic rings. The van der Waals surface area contributed by atoms with Crippen LogP contribution in [0.5, 0.6) is 0 Å². The predicted octanol–water partition coefficient (Wildman–Crippen LogP) is 3.87. The van der Waals surface area contributed by atoms with Crippen molar-refractivity contribution in [2.75, 3.05) is 20.3 Å². The molecular weight excluding hydrogens is 408 g/mol. The van der Waals surface area contributed by atoms with Gasteiger partial charge in [0.2, 0.25) is 0 Å². The van der Waals surface area contributed by atoms with E-state index in [0.29, 0.717) is 36.6 Å². The molecule has 0 saturated heterocycles. The second-order valence-corrected chi connectivity index (χ2v) is 7.13. The van der Waals surface area contributed by atoms with Gasteiger partial charge in [0.05, 0.1) is 31.7 Å². The van der Waals surface area contributed by atoms with Crippen molar-refractivity contribution in [2.45, 2.75) is 39.0 Å². The van der Waals surface area contributed by atoms with E-state index in [9.17, 15) is 9.59 Å². The maximum atomic E-state index is 12.1. The zero-order valence-corrected chi connectivity index (χ0v) is 19.0. The van der Waals surface area contributed by atoms with Crippen LogP contribution in [0.1, 0.15) is 39.0 Å². The van der Waals surface area contributed by atoms with E-state index < -0.39 is 11.9 Å². The van der Waals surface area contributed by atoms with Gasteiger partial charge in [-0.25, -0.2) is 9.59 Å². The Hall–Kier alpha value is -3.48. The molecule has 0 heterocycles. The number of nitrogens with two attached hydrogens (primary N) is 2. The van der Waals surface area contributed by atoms with Gasteiger partial charge < -0.3 is 25.7 Å². The van der Waals surface area contributed by atoms with Gasteiger partial charge in [-0.05, 0) is 62.5 Å². The zero-order chi connectivity index (χ0) is 23.8. The fraction of sp³-hybridized carbons (Fsp3) is 0.360. The Kier molecular flexibility index (Phi) is 12.7. The predicted molar refractivity (Wildman–Crippen MR) is 126 cm³/mol. The maximum Gasteiger partial charge on any atom is 0.337 e. The minimum absolute atomic E-state index is 0.322. The highest BCUT2D eigenvalue weighted by Crippen LogP contribution is 2.13. The fourth-order valence-electron chi connectivity index (χ4n) is 2.59. The Labute approximate surface area is 190 Å². The number of rotatable bonds is 13. The molecule has 32 heavy (non-hydrogen) atoms. The van der Waals surface area contributed by atoms with E-state index in [1.54, 1.807) is 49.6 Å². The first-order chi connectivity index (χ1) is 15.3. The number of carbonyl (C=O) groups is 2. The molecule has 0 fully saturated rings. The average molecular weight is 443 g/mol. The van der Waals surface area contributed by atoms with Gasteiger partial charge >= 0.3 is 11.9 Å². The van der Waals surface area contributed by atoms with E-state index in [0.717, 1.165) is 37.0 Å². The highest BCUT2D eigenvalue weighted by molar-refractivity contribution is 5.92. The van der Waals surface area contributed by atoms with Crippen LogP contribution in [0.4, 0.5) is 0 Å². The van der Waals surface area contributed by atoms with Gasteiger partial charge in [-0.15, -0.1) is 0 Å². The van der Waals surface area contributed by atoms with Gasteiger partial charge in [0, 0.05) is 23.9 Å². The summed E-state index contributed by atoms with van der Waals surface area (Å²) >= 11 is 0. The summed E-state index contributed by atoms with van der Waals surface area (Å²) in [6.45, 7) is 6.20. The molecule has 7 heteroatoms. The zero-order valence-electron chi connectivity index (χ0n) is 19.0. The summed E-state index contributed by atoms with van der Waals surface area (Å²) < 4.78 is 15.5. The molecule has 0 saturated carbocycles. The third-order valence-electron chi connectivity index (χ3n) is 4.46. The molecule has 0 bridgehead atoms. The summed E-state index contributed by atoms with van der Waals surface area (Å²) in [5.41, 5.74) is 13.7. The second kappa shape index (κ2) is 15.3. The number of ether oxygens (including phenoxy) is 3. The first-order valence-electron chi connectivity index (χ1n) is 10.6. The van der Waals surface area contributed by atoms with Crippen molar-refractivity contribution in [1.29, 1.82) is 0 Å². The van der Waals surface area contributed by atoms with Crippen LogP contribution in [0.3, 0.4) is 0 Å². The van der Waals surface area contributed by atoms with E-state index >= 15 is 0 Å². The Morgan fingerprint density at radius 1 is 1.03 bits per heavy atom. The smallest absolute Gasteiger partial charge is 0.337 e. The highest BCUT2D eigenvalue weighted by Gasteiger charge is 2.11. The van der Waals surface area contributed by atoms with Crippen LogP contribution in [0.2, 0.25) is 0 Å². The lowest BCUT2D eigenvalue weighted by molar-refractivity contribution is -0.139. The minimum Gasteiger partial charge on any atom is -0.501 e. The summed E-state index contributed by atoms with van der Waals surface area (Å²) in [6.07, 6.45) is 16.8. The molecule has 0 aromatic heterocycles. The van der Waals surface area contributed by atoms with Crippen LogP contribution in [-0.4, -0.2) is 32.3 Å². The summed E-state index contributed by atoms with van der Waals surface area (Å²) in [5, 5.41) is 0. The molecule has 0 radical (unpaired) electrons. The van der Waals surface area contributed by atoms with E-state index in [-0.39, 0.29) is 0 Å². The van der Waals surface area contributed by atoms with Gasteiger partial charge in [0.15, 0.2) is 0 Å². The molecule has 7 nitrogen and oxygen atoms in total. The first-order valence-corrected chi connectivity index (χ1v) is 10.6. The van der Waals surface area contributed by atoms with Gasteiger partial charge in [0.1, 0.15) is 0 Å². The average Bonchev–Trinajstić information content (AvgIpc) is 2.94. The van der Waals surface area contributed by atoms with Crippen LogP contribution in [0.15, 0.2) is 83.5 Å². The molecule has 0 aromatic rings. The highest BCUT2D eigenvalue weighted by atomic mass is 16.5. The lowest BCUT2D eigenvalue weighted by atomic mass is 10.2. The van der Waals surface area contributed by atoms with Crippen molar-refractivity contribution < 1.29 is 23.8 Å². The van der Waals surface area contributed by atoms with Crippen molar-refractivity contribution in [3.63, 3.8) is 0 Å². The van der Waals surface area contributed by atoms with Crippen LogP contribution in [0.25, 0.3) is 0 Å². The standard InChI is InChI=1S/C25H34N2O5/c1-4-20(10-9-19(2)30-3)11-14-24(28)31-15-7-5-6-8-16-32-25(29)21-12-13-22(26)18-23(27)17-21/h4,9-12,14,17-18H,1,5-8,13,15-16,26-27H2,2-3H3/b14-11+,19-9+,20-10+. The monoisotopic (exact) mass is 442 g/mol. The van der Waals surface area contributed by atoms with Crippen LogP contribution < -0.4 is 11.5 Å². The maximum absolute atomic E-state index is 12.1. The normalized spacial score (nSPS) is 14.8. The summed E-state index contributed by atoms with van der Waals surface area (Å²) in [7, 11) is 1.59. The Morgan fingerprint density at radius 3 is 2.38 bits per heavy atom. The quantitative estimate of drug-likeness (QED) is 0.146. The topological polar surface area (TPSA) is 114 Å². The molecule has 4 N–H and O–H groups in total. The number of carbonyl (C=O) groups excluding carboxylic acids is 2. The molecule has 174 valence electrons. The van der Waals surface area contributed by atoms with E-state index in [1.165, 1.54) is 6.08 Å². The van der Waals surface area contributed by atoms with Gasteiger partial charge in [0.25, 0.3) is 0 Å². The van der Waals surface area contributed by atoms with Gasteiger partial charge in [-0.1, -0.05) is 24.8 Å². The number of hydrogen-bond acceptors (Lipinski definition) is 7. The molecule has 1 rings (SSSR count). The largest absolute Gasteiger partial charge is 0.501 e. The van der Waals surface area contributed by atoms with Crippen molar-refractivity contribution in [2.24, 2.45) is 11.5 Å². The number of unbranched alkanes of at least 4 members (excludes halogenated alkanes) is 3. The molecular formula is C25H34N2O5. The molecule has 0 unspecified atom stereocenters.